The summed E-state index contributed by atoms with van der Waals surface area (Å²) in [7, 11) is -3.58. The van der Waals surface area contributed by atoms with Gasteiger partial charge < -0.3 is 9.97 Å². The highest BCUT2D eigenvalue weighted by Gasteiger charge is 2.14. The summed E-state index contributed by atoms with van der Waals surface area (Å²) >= 11 is 0. The maximum absolute atomic E-state index is 11.9. The minimum Gasteiger partial charge on any atom is -0.306 e. The van der Waals surface area contributed by atoms with Gasteiger partial charge in [-0.1, -0.05) is 12.2 Å². The lowest BCUT2D eigenvalue weighted by Crippen LogP contribution is -2.25. The number of benzene rings is 1. The van der Waals surface area contributed by atoms with Gasteiger partial charge in [-0.05, 0) is 25.1 Å². The number of imidazole rings is 1. The second-order valence-electron chi connectivity index (χ2n) is 4.07. The Hall–Kier alpha value is -1.86. The zero-order chi connectivity index (χ0) is 13.3. The van der Waals surface area contributed by atoms with Crippen molar-refractivity contribution < 1.29 is 8.42 Å². The molecule has 2 rings (SSSR count). The van der Waals surface area contributed by atoms with Crippen LogP contribution in [0, 0.1) is 0 Å². The first-order chi connectivity index (χ1) is 8.38. The molecule has 0 aliphatic carbocycles. The van der Waals surface area contributed by atoms with Crippen LogP contribution in [0.4, 0.5) is 0 Å². The number of aromatic nitrogens is 2. The largest absolute Gasteiger partial charge is 0.323 e. The molecule has 0 unspecified atom stereocenters. The Morgan fingerprint density at radius 1 is 1.33 bits per heavy atom. The lowest BCUT2D eigenvalue weighted by molar-refractivity contribution is 0.585. The number of sulfonamides is 1. The Labute approximate surface area is 104 Å². The third kappa shape index (κ3) is 2.52. The summed E-state index contributed by atoms with van der Waals surface area (Å²) in [5.41, 5.74) is 1.38. The zero-order valence-electron chi connectivity index (χ0n) is 9.78. The maximum Gasteiger partial charge on any atom is 0.323 e. The highest BCUT2D eigenvalue weighted by molar-refractivity contribution is 7.89. The average molecular weight is 267 g/mol. The lowest BCUT2D eigenvalue weighted by atomic mass is 10.3. The van der Waals surface area contributed by atoms with E-state index in [-0.39, 0.29) is 17.1 Å². The Balaban J connectivity index is 2.41. The van der Waals surface area contributed by atoms with Gasteiger partial charge in [0.05, 0.1) is 15.9 Å². The van der Waals surface area contributed by atoms with Crippen molar-refractivity contribution in [2.24, 2.45) is 0 Å². The first-order valence-corrected chi connectivity index (χ1v) is 6.73. The summed E-state index contributed by atoms with van der Waals surface area (Å²) < 4.78 is 26.3. The molecule has 96 valence electrons. The van der Waals surface area contributed by atoms with Crippen molar-refractivity contribution in [3.05, 3.63) is 40.8 Å². The van der Waals surface area contributed by atoms with Gasteiger partial charge in [0.1, 0.15) is 0 Å². The molecule has 0 saturated heterocycles. The number of rotatable bonds is 4. The number of aromatic amines is 2. The summed E-state index contributed by atoms with van der Waals surface area (Å²) in [6, 6.07) is 4.39. The molecule has 0 radical (unpaired) electrons. The molecule has 0 spiro atoms. The van der Waals surface area contributed by atoms with Crippen molar-refractivity contribution in [1.82, 2.24) is 14.7 Å². The standard InChI is InChI=1S/C11H13N3O3S/c1-7(2)6-12-18(16,17)8-3-4-9-10(5-8)14-11(15)13-9/h3-5,12H,1,6H2,2H3,(H2,13,14,15). The molecule has 1 aromatic heterocycles. The van der Waals surface area contributed by atoms with Gasteiger partial charge in [-0.15, -0.1) is 0 Å². The molecule has 3 N–H and O–H groups in total. The molecule has 0 fully saturated rings. The number of hydrogen-bond acceptors (Lipinski definition) is 3. The third-order valence-electron chi connectivity index (χ3n) is 2.36. The number of hydrogen-bond donors (Lipinski definition) is 3. The lowest BCUT2D eigenvalue weighted by Gasteiger charge is -2.06. The van der Waals surface area contributed by atoms with Gasteiger partial charge in [-0.2, -0.15) is 0 Å². The molecule has 2 aromatic rings. The van der Waals surface area contributed by atoms with E-state index >= 15 is 0 Å². The second kappa shape index (κ2) is 4.43. The Kier molecular flexibility index (Phi) is 3.10. The van der Waals surface area contributed by atoms with Crippen molar-refractivity contribution in [2.75, 3.05) is 6.54 Å². The van der Waals surface area contributed by atoms with Crippen molar-refractivity contribution in [1.29, 1.82) is 0 Å². The van der Waals surface area contributed by atoms with Gasteiger partial charge in [0.2, 0.25) is 10.0 Å². The van der Waals surface area contributed by atoms with Gasteiger partial charge >= 0.3 is 5.69 Å². The molecule has 1 aromatic carbocycles. The monoisotopic (exact) mass is 267 g/mol. The van der Waals surface area contributed by atoms with Crippen LogP contribution in [-0.2, 0) is 10.0 Å². The van der Waals surface area contributed by atoms with Crippen LogP contribution in [0.3, 0.4) is 0 Å². The topological polar surface area (TPSA) is 94.8 Å². The fourth-order valence-electron chi connectivity index (χ4n) is 1.48. The molecule has 6 nitrogen and oxygen atoms in total. The Bertz CT molecular complexity index is 755. The van der Waals surface area contributed by atoms with Crippen LogP contribution in [0.5, 0.6) is 0 Å². The van der Waals surface area contributed by atoms with E-state index in [4.69, 9.17) is 0 Å². The first-order valence-electron chi connectivity index (χ1n) is 5.24. The van der Waals surface area contributed by atoms with E-state index in [9.17, 15) is 13.2 Å². The molecule has 0 aliphatic rings. The van der Waals surface area contributed by atoms with E-state index < -0.39 is 10.0 Å². The van der Waals surface area contributed by atoms with Crippen molar-refractivity contribution >= 4 is 21.1 Å². The highest BCUT2D eigenvalue weighted by Crippen LogP contribution is 2.14. The Morgan fingerprint density at radius 2 is 2.00 bits per heavy atom. The highest BCUT2D eigenvalue weighted by atomic mass is 32.2. The summed E-state index contributed by atoms with van der Waals surface area (Å²) in [6.07, 6.45) is 0. The molecule has 0 amide bonds. The van der Waals surface area contributed by atoms with Crippen LogP contribution in [0.1, 0.15) is 6.92 Å². The van der Waals surface area contributed by atoms with E-state index in [1.807, 2.05) is 0 Å². The van der Waals surface area contributed by atoms with Crippen molar-refractivity contribution in [2.45, 2.75) is 11.8 Å². The van der Waals surface area contributed by atoms with Gasteiger partial charge in [0.15, 0.2) is 0 Å². The SMILES string of the molecule is C=C(C)CNS(=O)(=O)c1ccc2[nH]c(=O)[nH]c2c1. The van der Waals surface area contributed by atoms with E-state index in [1.54, 1.807) is 13.0 Å². The quantitative estimate of drug-likeness (QED) is 0.712. The first kappa shape index (κ1) is 12.6. The van der Waals surface area contributed by atoms with Crippen LogP contribution >= 0.6 is 0 Å². The summed E-state index contributed by atoms with van der Waals surface area (Å²) in [5, 5.41) is 0. The van der Waals surface area contributed by atoms with Gasteiger partial charge in [-0.3, -0.25) is 0 Å². The van der Waals surface area contributed by atoms with Gasteiger partial charge in [0.25, 0.3) is 0 Å². The molecule has 0 saturated carbocycles. The van der Waals surface area contributed by atoms with Crippen LogP contribution < -0.4 is 10.4 Å². The molecule has 7 heteroatoms. The van der Waals surface area contributed by atoms with E-state index in [0.717, 1.165) is 5.57 Å². The van der Waals surface area contributed by atoms with Crippen molar-refractivity contribution in [3.63, 3.8) is 0 Å². The minimum absolute atomic E-state index is 0.103. The van der Waals surface area contributed by atoms with Crippen LogP contribution in [0.25, 0.3) is 11.0 Å². The predicted octanol–water partition coefficient (Wildman–Crippen LogP) is 0.711. The predicted molar refractivity (Wildman–Crippen MR) is 68.9 cm³/mol. The second-order valence-corrected chi connectivity index (χ2v) is 5.84. The maximum atomic E-state index is 11.9. The third-order valence-corrected chi connectivity index (χ3v) is 3.76. The fourth-order valence-corrected chi connectivity index (χ4v) is 2.60. The molecule has 0 atom stereocenters. The van der Waals surface area contributed by atoms with Gasteiger partial charge in [0, 0.05) is 6.54 Å². The zero-order valence-corrected chi connectivity index (χ0v) is 10.6. The van der Waals surface area contributed by atoms with Crippen LogP contribution in [-0.4, -0.2) is 24.9 Å². The number of nitrogens with one attached hydrogen (secondary N) is 3. The summed E-state index contributed by atoms with van der Waals surface area (Å²) in [4.78, 5) is 16.2. The minimum atomic E-state index is -3.58. The summed E-state index contributed by atoms with van der Waals surface area (Å²) in [5.74, 6) is 0. The smallest absolute Gasteiger partial charge is 0.306 e. The van der Waals surface area contributed by atoms with E-state index in [0.29, 0.717) is 11.0 Å². The van der Waals surface area contributed by atoms with E-state index in [1.165, 1.54) is 12.1 Å². The fraction of sp³-hybridized carbons (Fsp3) is 0.182. The summed E-state index contributed by atoms with van der Waals surface area (Å²) in [6.45, 7) is 5.54. The Morgan fingerprint density at radius 3 is 2.67 bits per heavy atom. The molecular formula is C11H13N3O3S. The average Bonchev–Trinajstić information content (AvgIpc) is 2.65. The van der Waals surface area contributed by atoms with Crippen molar-refractivity contribution in [3.8, 4) is 0 Å². The normalized spacial score (nSPS) is 11.8. The molecule has 0 aliphatic heterocycles. The number of fused-ring (bicyclic) bond motifs is 1. The van der Waals surface area contributed by atoms with Gasteiger partial charge in [-0.25, -0.2) is 17.9 Å². The molecule has 1 heterocycles. The molecule has 18 heavy (non-hydrogen) atoms. The molecular weight excluding hydrogens is 254 g/mol. The van der Waals surface area contributed by atoms with E-state index in [2.05, 4.69) is 21.3 Å². The molecule has 0 bridgehead atoms. The number of H-pyrrole nitrogens is 2. The van der Waals surface area contributed by atoms with Crippen LogP contribution in [0.2, 0.25) is 0 Å². The van der Waals surface area contributed by atoms with Crippen LogP contribution in [0.15, 0.2) is 40.0 Å².